The van der Waals surface area contributed by atoms with E-state index >= 15 is 0 Å². The maximum Gasteiger partial charge on any atom is 0.291 e. The number of furan rings is 1. The molecule has 2 aromatic heterocycles. The number of aromatic nitrogens is 2. The van der Waals surface area contributed by atoms with Gasteiger partial charge in [0.25, 0.3) is 5.91 Å². The molecule has 4 aromatic rings. The molecule has 160 valence electrons. The molecule has 1 N–H and O–H groups in total. The highest BCUT2D eigenvalue weighted by atomic mass is 79.9. The second-order valence-corrected chi connectivity index (χ2v) is 8.07. The van der Waals surface area contributed by atoms with Crippen molar-refractivity contribution in [2.75, 3.05) is 5.32 Å². The molecule has 2 heterocycles. The Morgan fingerprint density at radius 1 is 1.25 bits per heavy atom. The van der Waals surface area contributed by atoms with E-state index in [1.54, 1.807) is 47.3 Å². The van der Waals surface area contributed by atoms with E-state index in [-0.39, 0.29) is 11.7 Å². The lowest BCUT2D eigenvalue weighted by Gasteiger charge is -2.11. The summed E-state index contributed by atoms with van der Waals surface area (Å²) in [5.74, 6) is 1.20. The Morgan fingerprint density at radius 2 is 2.12 bits per heavy atom. The van der Waals surface area contributed by atoms with Crippen LogP contribution in [-0.4, -0.2) is 15.7 Å². The van der Waals surface area contributed by atoms with Gasteiger partial charge in [-0.15, -0.1) is 0 Å². The summed E-state index contributed by atoms with van der Waals surface area (Å²) < 4.78 is 14.1. The third-order valence-electron chi connectivity index (χ3n) is 4.71. The standard InChI is InChI=1S/C24H19BrN4O3/c1-16-9-20(31-15-18-4-2-3-17(10-18)11-26)5-7-22(16)28-24(30)23-8-6-21(32-23)14-29-13-19(25)12-27-29/h2-10,12-13H,14-15H2,1H3,(H,28,30). The molecule has 0 fully saturated rings. The number of carbonyl (C=O) groups excluding carboxylic acids is 1. The van der Waals surface area contributed by atoms with Gasteiger partial charge in [-0.05, 0) is 76.4 Å². The number of amides is 1. The molecule has 0 aliphatic carbocycles. The average molecular weight is 491 g/mol. The smallest absolute Gasteiger partial charge is 0.291 e. The Balaban J connectivity index is 1.37. The molecule has 0 spiro atoms. The molecule has 0 saturated heterocycles. The van der Waals surface area contributed by atoms with Crippen LogP contribution < -0.4 is 10.1 Å². The second-order valence-electron chi connectivity index (χ2n) is 7.15. The fraction of sp³-hybridized carbons (Fsp3) is 0.125. The Morgan fingerprint density at radius 3 is 2.88 bits per heavy atom. The molecular weight excluding hydrogens is 472 g/mol. The number of carbonyl (C=O) groups is 1. The van der Waals surface area contributed by atoms with Crippen LogP contribution in [0, 0.1) is 18.3 Å². The number of benzene rings is 2. The van der Waals surface area contributed by atoms with Crippen LogP contribution in [0.4, 0.5) is 5.69 Å². The first kappa shape index (κ1) is 21.4. The van der Waals surface area contributed by atoms with Gasteiger partial charge in [0, 0.05) is 11.9 Å². The normalized spacial score (nSPS) is 10.5. The van der Waals surface area contributed by atoms with Crippen molar-refractivity contribution in [1.82, 2.24) is 9.78 Å². The Kier molecular flexibility index (Phi) is 6.38. The topological polar surface area (TPSA) is 93.1 Å². The summed E-state index contributed by atoms with van der Waals surface area (Å²) in [5, 5.41) is 16.0. The molecule has 0 atom stereocenters. The quantitative estimate of drug-likeness (QED) is 0.379. The van der Waals surface area contributed by atoms with Gasteiger partial charge < -0.3 is 14.5 Å². The molecule has 0 aliphatic rings. The first-order valence-corrected chi connectivity index (χ1v) is 10.6. The third-order valence-corrected chi connectivity index (χ3v) is 5.12. The zero-order valence-corrected chi connectivity index (χ0v) is 18.8. The Labute approximate surface area is 193 Å². The van der Waals surface area contributed by atoms with E-state index in [0.717, 1.165) is 15.6 Å². The summed E-state index contributed by atoms with van der Waals surface area (Å²) in [4.78, 5) is 12.6. The van der Waals surface area contributed by atoms with E-state index in [1.807, 2.05) is 31.3 Å². The van der Waals surface area contributed by atoms with Crippen LogP contribution in [0.2, 0.25) is 0 Å². The van der Waals surface area contributed by atoms with E-state index in [9.17, 15) is 4.79 Å². The van der Waals surface area contributed by atoms with Crippen molar-refractivity contribution in [3.63, 3.8) is 0 Å². The van der Waals surface area contributed by atoms with Gasteiger partial charge in [0.15, 0.2) is 5.76 Å². The predicted octanol–water partition coefficient (Wildman–Crippen LogP) is 5.30. The van der Waals surface area contributed by atoms with Crippen molar-refractivity contribution in [2.45, 2.75) is 20.1 Å². The summed E-state index contributed by atoms with van der Waals surface area (Å²) >= 11 is 3.35. The summed E-state index contributed by atoms with van der Waals surface area (Å²) in [6, 6.07) is 18.2. The third kappa shape index (κ3) is 5.25. The number of halogens is 1. The van der Waals surface area contributed by atoms with Gasteiger partial charge in [-0.2, -0.15) is 10.4 Å². The van der Waals surface area contributed by atoms with Crippen molar-refractivity contribution >= 4 is 27.5 Å². The van der Waals surface area contributed by atoms with Gasteiger partial charge >= 0.3 is 0 Å². The molecule has 0 bridgehead atoms. The lowest BCUT2D eigenvalue weighted by Crippen LogP contribution is -2.12. The van der Waals surface area contributed by atoms with Crippen LogP contribution in [0.25, 0.3) is 0 Å². The molecule has 0 unspecified atom stereocenters. The molecular formula is C24H19BrN4O3. The number of nitrogens with zero attached hydrogens (tertiary/aromatic N) is 3. The minimum absolute atomic E-state index is 0.225. The number of nitriles is 1. The van der Waals surface area contributed by atoms with Crippen LogP contribution in [0.3, 0.4) is 0 Å². The van der Waals surface area contributed by atoms with Crippen LogP contribution in [0.15, 0.2) is 75.9 Å². The summed E-state index contributed by atoms with van der Waals surface area (Å²) in [7, 11) is 0. The highest BCUT2D eigenvalue weighted by molar-refractivity contribution is 9.10. The minimum Gasteiger partial charge on any atom is -0.489 e. The van der Waals surface area contributed by atoms with Crippen molar-refractivity contribution in [3.05, 3.63) is 99.7 Å². The monoisotopic (exact) mass is 490 g/mol. The van der Waals surface area contributed by atoms with Crippen LogP contribution in [0.5, 0.6) is 5.75 Å². The summed E-state index contributed by atoms with van der Waals surface area (Å²) in [6.07, 6.45) is 3.52. The fourth-order valence-electron chi connectivity index (χ4n) is 3.12. The molecule has 0 aliphatic heterocycles. The van der Waals surface area contributed by atoms with Gasteiger partial charge in [-0.1, -0.05) is 12.1 Å². The lowest BCUT2D eigenvalue weighted by atomic mass is 10.1. The summed E-state index contributed by atoms with van der Waals surface area (Å²) in [5.41, 5.74) is 3.03. The molecule has 8 heteroatoms. The SMILES string of the molecule is Cc1cc(OCc2cccc(C#N)c2)ccc1NC(=O)c1ccc(Cn2cc(Br)cn2)o1. The minimum atomic E-state index is -0.331. The Hall–Kier alpha value is -3.83. The van der Waals surface area contributed by atoms with Crippen LogP contribution in [0.1, 0.15) is 33.0 Å². The number of ether oxygens (including phenoxy) is 1. The largest absolute Gasteiger partial charge is 0.489 e. The van der Waals surface area contributed by atoms with Gasteiger partial charge in [-0.25, -0.2) is 0 Å². The first-order valence-electron chi connectivity index (χ1n) is 9.80. The number of nitrogens with one attached hydrogen (secondary N) is 1. The molecule has 1 amide bonds. The maximum absolute atomic E-state index is 12.6. The predicted molar refractivity (Wildman–Crippen MR) is 122 cm³/mol. The lowest BCUT2D eigenvalue weighted by molar-refractivity contribution is 0.0994. The van der Waals surface area contributed by atoms with Gasteiger partial charge in [0.05, 0.1) is 28.8 Å². The summed E-state index contributed by atoms with van der Waals surface area (Å²) in [6.45, 7) is 2.67. The highest BCUT2D eigenvalue weighted by Crippen LogP contribution is 2.23. The first-order chi connectivity index (χ1) is 15.5. The molecule has 0 radical (unpaired) electrons. The van der Waals surface area contributed by atoms with Crippen molar-refractivity contribution in [3.8, 4) is 11.8 Å². The molecule has 7 nitrogen and oxygen atoms in total. The van der Waals surface area contributed by atoms with E-state index in [4.69, 9.17) is 14.4 Å². The fourth-order valence-corrected chi connectivity index (χ4v) is 3.44. The van der Waals surface area contributed by atoms with Crippen molar-refractivity contribution in [1.29, 1.82) is 5.26 Å². The van der Waals surface area contributed by atoms with Crippen molar-refractivity contribution < 1.29 is 13.9 Å². The Bertz CT molecular complexity index is 1300. The number of hydrogen-bond acceptors (Lipinski definition) is 5. The number of aryl methyl sites for hydroxylation is 1. The average Bonchev–Trinajstić information content (AvgIpc) is 3.43. The number of hydrogen-bond donors (Lipinski definition) is 1. The van der Waals surface area contributed by atoms with Crippen LogP contribution >= 0.6 is 15.9 Å². The maximum atomic E-state index is 12.6. The molecule has 0 saturated carbocycles. The van der Waals surface area contributed by atoms with E-state index in [1.165, 1.54) is 0 Å². The highest BCUT2D eigenvalue weighted by Gasteiger charge is 2.13. The molecule has 4 rings (SSSR count). The molecule has 32 heavy (non-hydrogen) atoms. The number of rotatable bonds is 7. The van der Waals surface area contributed by atoms with Crippen LogP contribution in [-0.2, 0) is 13.2 Å². The molecule has 2 aromatic carbocycles. The van der Waals surface area contributed by atoms with E-state index < -0.39 is 0 Å². The van der Waals surface area contributed by atoms with Gasteiger partial charge in [0.1, 0.15) is 18.1 Å². The zero-order chi connectivity index (χ0) is 22.5. The van der Waals surface area contributed by atoms with Crippen molar-refractivity contribution in [2.24, 2.45) is 0 Å². The van der Waals surface area contributed by atoms with E-state index in [0.29, 0.717) is 35.9 Å². The number of anilines is 1. The van der Waals surface area contributed by atoms with E-state index in [2.05, 4.69) is 32.4 Å². The van der Waals surface area contributed by atoms with Gasteiger partial charge in [-0.3, -0.25) is 9.48 Å². The second kappa shape index (κ2) is 9.54. The zero-order valence-electron chi connectivity index (χ0n) is 17.2. The van der Waals surface area contributed by atoms with Gasteiger partial charge in [0.2, 0.25) is 0 Å².